The molecule has 0 spiro atoms. The first-order valence-corrected chi connectivity index (χ1v) is 22.9. The van der Waals surface area contributed by atoms with Gasteiger partial charge in [-0.25, -0.2) is 0 Å². The monoisotopic (exact) mass is 756 g/mol. The van der Waals surface area contributed by atoms with Crippen molar-refractivity contribution in [1.82, 2.24) is 4.90 Å². The average molecular weight is 756 g/mol. The highest BCUT2D eigenvalue weighted by Gasteiger charge is 2.54. The van der Waals surface area contributed by atoms with E-state index in [1.807, 2.05) is 4.90 Å². The fraction of sp³-hybridized carbons (Fsp3) is 0.978. The third-order valence-electron chi connectivity index (χ3n) is 12.3. The van der Waals surface area contributed by atoms with E-state index in [4.69, 9.17) is 4.74 Å². The van der Waals surface area contributed by atoms with Crippen LogP contribution >= 0.6 is 0 Å². The van der Waals surface area contributed by atoms with Crippen molar-refractivity contribution in [2.45, 2.75) is 250 Å². The minimum atomic E-state index is -1.60. The lowest BCUT2D eigenvalue weighted by Gasteiger charge is -2.39. The Balaban J connectivity index is 2.83. The normalized spacial score (nSPS) is 21.9. The fourth-order valence-electron chi connectivity index (χ4n) is 8.60. The molecule has 5 N–H and O–H groups in total. The van der Waals surface area contributed by atoms with E-state index in [1.54, 1.807) is 0 Å². The predicted molar refractivity (Wildman–Crippen MR) is 220 cm³/mol. The number of aliphatic hydroxyl groups is 5. The number of nitrogens with zero attached hydrogens (tertiary/aromatic N) is 1. The van der Waals surface area contributed by atoms with Crippen LogP contribution in [-0.4, -0.2) is 92.7 Å². The molecule has 53 heavy (non-hydrogen) atoms. The first-order valence-electron chi connectivity index (χ1n) is 22.9. The summed E-state index contributed by atoms with van der Waals surface area (Å²) in [4.78, 5) is 16.5. The Morgan fingerprint density at radius 3 is 1.38 bits per heavy atom. The van der Waals surface area contributed by atoms with E-state index in [-0.39, 0.29) is 18.9 Å². The zero-order chi connectivity index (χ0) is 39.2. The number of hydrogen-bond acceptors (Lipinski definition) is 7. The van der Waals surface area contributed by atoms with Crippen LogP contribution in [0.15, 0.2) is 0 Å². The predicted octanol–water partition coefficient (Wildman–Crippen LogP) is 9.79. The summed E-state index contributed by atoms with van der Waals surface area (Å²) < 4.78 is 5.74. The van der Waals surface area contributed by atoms with Gasteiger partial charge in [0.15, 0.2) is 0 Å². The van der Waals surface area contributed by atoms with Crippen LogP contribution in [0.4, 0.5) is 0 Å². The number of ether oxygens (including phenoxy) is 1. The third-order valence-corrected chi connectivity index (χ3v) is 12.3. The second kappa shape index (κ2) is 31.3. The van der Waals surface area contributed by atoms with Gasteiger partial charge in [-0.15, -0.1) is 0 Å². The van der Waals surface area contributed by atoms with Crippen LogP contribution < -0.4 is 0 Å². The van der Waals surface area contributed by atoms with E-state index in [0.29, 0.717) is 6.54 Å². The molecule has 1 amide bonds. The summed E-state index contributed by atoms with van der Waals surface area (Å²) in [5.41, 5.74) is -2.07. The number of carbonyl (C=O) groups excluding carboxylic acids is 1. The Labute approximate surface area is 327 Å². The number of aliphatic hydroxyl groups excluding tert-OH is 5. The topological polar surface area (TPSA) is 131 Å². The molecule has 6 atom stereocenters. The lowest BCUT2D eigenvalue weighted by Crippen LogP contribution is -2.52. The van der Waals surface area contributed by atoms with Crippen molar-refractivity contribution < 1.29 is 35.1 Å². The molecule has 1 fully saturated rings. The smallest absolute Gasteiger partial charge is 0.228 e. The van der Waals surface area contributed by atoms with Crippen LogP contribution in [0.1, 0.15) is 220 Å². The zero-order valence-corrected chi connectivity index (χ0v) is 35.4. The summed E-state index contributed by atoms with van der Waals surface area (Å²) in [7, 11) is 0. The van der Waals surface area contributed by atoms with Gasteiger partial charge in [-0.05, 0) is 25.7 Å². The van der Waals surface area contributed by atoms with Crippen molar-refractivity contribution in [3.05, 3.63) is 0 Å². The fourth-order valence-corrected chi connectivity index (χ4v) is 8.60. The van der Waals surface area contributed by atoms with Gasteiger partial charge in [0.25, 0.3) is 0 Å². The Morgan fingerprint density at radius 1 is 0.642 bits per heavy atom. The molecule has 1 saturated heterocycles. The number of hydrogen-bond donors (Lipinski definition) is 5. The van der Waals surface area contributed by atoms with E-state index in [9.17, 15) is 30.3 Å². The third kappa shape index (κ3) is 19.8. The van der Waals surface area contributed by atoms with Crippen LogP contribution in [0.3, 0.4) is 0 Å². The van der Waals surface area contributed by atoms with E-state index in [1.165, 1.54) is 128 Å². The van der Waals surface area contributed by atoms with Crippen molar-refractivity contribution in [3.8, 4) is 0 Å². The van der Waals surface area contributed by atoms with Crippen LogP contribution in [0.2, 0.25) is 0 Å². The van der Waals surface area contributed by atoms with Crippen LogP contribution in [0, 0.1) is 5.41 Å². The molecule has 8 nitrogen and oxygen atoms in total. The maximum absolute atomic E-state index is 14.7. The van der Waals surface area contributed by atoms with Crippen LogP contribution in [-0.2, 0) is 9.53 Å². The second-order valence-corrected chi connectivity index (χ2v) is 16.9. The highest BCUT2D eigenvalue weighted by molar-refractivity contribution is 5.82. The standard InChI is InChI=1S/C45H89NO7/c1-5-9-12-14-16-18-20-21-22-23-25-27-29-31-33-44(8-4,32-30-28-26-24-19-17-15-13-10-6-2)43(52)46(34-11-7-3)36-39(49)35-45(38-48)42(51)41(50)40(37-47)53-45/h39-42,47-51H,5-38H2,1-4H3/t39?,40-,41-,42+,44?,45?/m1/s1. The highest BCUT2D eigenvalue weighted by atomic mass is 16.6. The molecule has 1 aliphatic rings. The number of unbranched alkanes of at least 4 members (excludes halogenated alkanes) is 23. The molecule has 1 aliphatic heterocycles. The van der Waals surface area contributed by atoms with Crippen molar-refractivity contribution in [2.75, 3.05) is 26.3 Å². The minimum absolute atomic E-state index is 0.0784. The van der Waals surface area contributed by atoms with Gasteiger partial charge in [-0.3, -0.25) is 4.79 Å². The molecule has 8 heteroatoms. The Morgan fingerprint density at radius 2 is 1.04 bits per heavy atom. The Kier molecular flexibility index (Phi) is 29.7. The number of rotatable bonds is 37. The SMILES string of the molecule is CCCCCCCCCCCCCCCCC(CC)(CCCCCCCCCCCC)C(=O)N(CCCC)CC(O)CC1(CO)O[C@H](CO)[C@@H](O)[C@@H]1O. The summed E-state index contributed by atoms with van der Waals surface area (Å²) in [6, 6.07) is 0. The maximum Gasteiger partial charge on any atom is 0.228 e. The van der Waals surface area contributed by atoms with Crippen LogP contribution in [0.25, 0.3) is 0 Å². The van der Waals surface area contributed by atoms with Crippen molar-refractivity contribution in [1.29, 1.82) is 0 Å². The zero-order valence-electron chi connectivity index (χ0n) is 35.4. The summed E-state index contributed by atoms with van der Waals surface area (Å²) in [6.07, 6.45) is 30.0. The Bertz CT molecular complexity index is 861. The van der Waals surface area contributed by atoms with E-state index < -0.39 is 48.6 Å². The number of carbonyl (C=O) groups is 1. The van der Waals surface area contributed by atoms with Gasteiger partial charge in [-0.1, -0.05) is 188 Å². The summed E-state index contributed by atoms with van der Waals surface area (Å²) >= 11 is 0. The first-order chi connectivity index (χ1) is 25.7. The molecule has 0 bridgehead atoms. The summed E-state index contributed by atoms with van der Waals surface area (Å²) in [6.45, 7) is 8.30. The summed E-state index contributed by atoms with van der Waals surface area (Å²) in [5.74, 6) is 0.123. The first kappa shape index (κ1) is 50.2. The van der Waals surface area contributed by atoms with Crippen molar-refractivity contribution >= 4 is 5.91 Å². The average Bonchev–Trinajstić information content (AvgIpc) is 3.40. The molecular formula is C45H89NO7. The Hall–Kier alpha value is -0.770. The van der Waals surface area contributed by atoms with Gasteiger partial charge in [0.1, 0.15) is 23.9 Å². The molecular weight excluding hydrogens is 666 g/mol. The van der Waals surface area contributed by atoms with Gasteiger partial charge >= 0.3 is 0 Å². The molecule has 0 aromatic heterocycles. The molecule has 0 aromatic carbocycles. The van der Waals surface area contributed by atoms with E-state index in [2.05, 4.69) is 27.7 Å². The van der Waals surface area contributed by atoms with Gasteiger partial charge in [-0.2, -0.15) is 0 Å². The highest BCUT2D eigenvalue weighted by Crippen LogP contribution is 2.39. The maximum atomic E-state index is 14.7. The molecule has 0 aliphatic carbocycles. The summed E-state index contributed by atoms with van der Waals surface area (Å²) in [5, 5.41) is 52.4. The molecule has 1 rings (SSSR count). The van der Waals surface area contributed by atoms with Crippen LogP contribution in [0.5, 0.6) is 0 Å². The van der Waals surface area contributed by atoms with Gasteiger partial charge in [0, 0.05) is 24.9 Å². The molecule has 0 radical (unpaired) electrons. The molecule has 316 valence electrons. The van der Waals surface area contributed by atoms with Gasteiger partial charge < -0.3 is 35.2 Å². The van der Waals surface area contributed by atoms with Gasteiger partial charge in [0.2, 0.25) is 5.91 Å². The minimum Gasteiger partial charge on any atom is -0.394 e. The molecule has 1 heterocycles. The largest absolute Gasteiger partial charge is 0.394 e. The van der Waals surface area contributed by atoms with Gasteiger partial charge in [0.05, 0.1) is 19.3 Å². The molecule has 0 saturated carbocycles. The quantitative estimate of drug-likeness (QED) is 0.0399. The van der Waals surface area contributed by atoms with E-state index in [0.717, 1.165) is 57.8 Å². The van der Waals surface area contributed by atoms with E-state index >= 15 is 0 Å². The molecule has 0 aromatic rings. The molecule has 3 unspecified atom stereocenters. The second-order valence-electron chi connectivity index (χ2n) is 16.9. The van der Waals surface area contributed by atoms with Crippen molar-refractivity contribution in [3.63, 3.8) is 0 Å². The lowest BCUT2D eigenvalue weighted by molar-refractivity contribution is -0.151. The number of amides is 1. The lowest BCUT2D eigenvalue weighted by atomic mass is 9.74. The van der Waals surface area contributed by atoms with Crippen molar-refractivity contribution in [2.24, 2.45) is 5.41 Å².